The molecular formula is C14H15N3OS. The van der Waals surface area contributed by atoms with E-state index in [0.29, 0.717) is 13.1 Å². The number of amides is 1. The first kappa shape index (κ1) is 13.5. The van der Waals surface area contributed by atoms with Crippen molar-refractivity contribution in [1.82, 2.24) is 15.2 Å². The maximum absolute atomic E-state index is 11.5. The number of carbonyl (C=O) groups is 1. The molecular weight excluding hydrogens is 258 g/mol. The first-order valence-corrected chi connectivity index (χ1v) is 6.74. The minimum absolute atomic E-state index is 0.0680. The Kier molecular flexibility index (Phi) is 4.50. The Balaban J connectivity index is 1.93. The topological polar surface area (TPSA) is 45.2 Å². The molecule has 4 nitrogen and oxygen atoms in total. The van der Waals surface area contributed by atoms with Crippen LogP contribution in [0.1, 0.15) is 5.01 Å². The van der Waals surface area contributed by atoms with Crippen molar-refractivity contribution in [3.05, 3.63) is 29.3 Å². The van der Waals surface area contributed by atoms with Gasteiger partial charge in [0.1, 0.15) is 5.01 Å². The van der Waals surface area contributed by atoms with E-state index in [1.807, 2.05) is 30.1 Å². The quantitative estimate of drug-likeness (QED) is 0.839. The molecule has 1 heterocycles. The fourth-order valence-electron chi connectivity index (χ4n) is 1.73. The van der Waals surface area contributed by atoms with Crippen molar-refractivity contribution < 1.29 is 4.79 Å². The van der Waals surface area contributed by atoms with Crippen LogP contribution >= 0.6 is 11.3 Å². The van der Waals surface area contributed by atoms with Crippen molar-refractivity contribution in [1.29, 1.82) is 0 Å². The van der Waals surface area contributed by atoms with Gasteiger partial charge in [-0.25, -0.2) is 4.98 Å². The third kappa shape index (κ3) is 3.78. The number of terminal acetylenes is 1. The zero-order valence-corrected chi connectivity index (χ0v) is 11.5. The van der Waals surface area contributed by atoms with Crippen molar-refractivity contribution in [2.24, 2.45) is 0 Å². The van der Waals surface area contributed by atoms with Crippen molar-refractivity contribution in [3.8, 4) is 12.3 Å². The number of para-hydroxylation sites is 1. The summed E-state index contributed by atoms with van der Waals surface area (Å²) in [7, 11) is 1.89. The summed E-state index contributed by atoms with van der Waals surface area (Å²) in [6.45, 7) is 1.24. The Labute approximate surface area is 116 Å². The van der Waals surface area contributed by atoms with Gasteiger partial charge in [-0.3, -0.25) is 9.69 Å². The molecule has 0 bridgehead atoms. The molecule has 1 N–H and O–H groups in total. The summed E-state index contributed by atoms with van der Waals surface area (Å²) in [4.78, 5) is 18.0. The van der Waals surface area contributed by atoms with Gasteiger partial charge in [-0.1, -0.05) is 18.1 Å². The normalized spacial score (nSPS) is 10.6. The van der Waals surface area contributed by atoms with Crippen LogP contribution in [0.2, 0.25) is 0 Å². The van der Waals surface area contributed by atoms with Gasteiger partial charge >= 0.3 is 0 Å². The lowest BCUT2D eigenvalue weighted by atomic mass is 10.3. The number of hydrogen-bond acceptors (Lipinski definition) is 4. The zero-order chi connectivity index (χ0) is 13.7. The predicted octanol–water partition coefficient (Wildman–Crippen LogP) is 1.48. The van der Waals surface area contributed by atoms with E-state index in [9.17, 15) is 4.79 Å². The highest BCUT2D eigenvalue weighted by molar-refractivity contribution is 7.18. The molecule has 5 heteroatoms. The van der Waals surface area contributed by atoms with Crippen LogP contribution < -0.4 is 5.32 Å². The zero-order valence-electron chi connectivity index (χ0n) is 10.7. The predicted molar refractivity (Wildman–Crippen MR) is 77.8 cm³/mol. The average molecular weight is 273 g/mol. The summed E-state index contributed by atoms with van der Waals surface area (Å²) < 4.78 is 1.17. The van der Waals surface area contributed by atoms with Crippen molar-refractivity contribution >= 4 is 27.5 Å². The highest BCUT2D eigenvalue weighted by Gasteiger charge is 2.09. The number of thiazole rings is 1. The molecule has 98 valence electrons. The molecule has 0 fully saturated rings. The molecule has 1 aromatic heterocycles. The van der Waals surface area contributed by atoms with Gasteiger partial charge in [0, 0.05) is 0 Å². The van der Waals surface area contributed by atoms with E-state index in [-0.39, 0.29) is 12.5 Å². The highest BCUT2D eigenvalue weighted by atomic mass is 32.1. The fraction of sp³-hybridized carbons (Fsp3) is 0.286. The van der Waals surface area contributed by atoms with Gasteiger partial charge in [-0.2, -0.15) is 0 Å². The number of nitrogens with one attached hydrogen (secondary N) is 1. The van der Waals surface area contributed by atoms with Gasteiger partial charge in [-0.15, -0.1) is 17.8 Å². The minimum Gasteiger partial charge on any atom is -0.344 e. The molecule has 0 radical (unpaired) electrons. The lowest BCUT2D eigenvalue weighted by Gasteiger charge is -2.13. The number of likely N-dealkylation sites (N-methyl/N-ethyl adjacent to an activating group) is 1. The van der Waals surface area contributed by atoms with Crippen LogP contribution in [0.25, 0.3) is 10.2 Å². The summed E-state index contributed by atoms with van der Waals surface area (Å²) in [5.74, 6) is 2.31. The van der Waals surface area contributed by atoms with Crippen molar-refractivity contribution in [2.45, 2.75) is 6.54 Å². The van der Waals surface area contributed by atoms with Crippen LogP contribution in [0.15, 0.2) is 24.3 Å². The monoisotopic (exact) mass is 273 g/mol. The van der Waals surface area contributed by atoms with E-state index in [1.165, 1.54) is 4.70 Å². The maximum atomic E-state index is 11.5. The summed E-state index contributed by atoms with van der Waals surface area (Å²) in [6.07, 6.45) is 5.09. The maximum Gasteiger partial charge on any atom is 0.234 e. The Morgan fingerprint density at radius 1 is 1.53 bits per heavy atom. The first-order valence-electron chi connectivity index (χ1n) is 5.92. The molecule has 1 aromatic carbocycles. The third-order valence-corrected chi connectivity index (χ3v) is 3.57. The molecule has 2 aromatic rings. The molecule has 2 rings (SSSR count). The molecule has 1 amide bonds. The summed E-state index contributed by atoms with van der Waals surface area (Å²) in [5.41, 5.74) is 1.01. The second-order valence-electron chi connectivity index (χ2n) is 4.23. The van der Waals surface area contributed by atoms with Crippen molar-refractivity contribution in [3.63, 3.8) is 0 Å². The summed E-state index contributed by atoms with van der Waals surface area (Å²) in [6, 6.07) is 8.02. The first-order chi connectivity index (χ1) is 9.19. The van der Waals surface area contributed by atoms with Gasteiger partial charge in [-0.05, 0) is 19.2 Å². The minimum atomic E-state index is -0.0680. The largest absolute Gasteiger partial charge is 0.344 e. The number of hydrogen-bond donors (Lipinski definition) is 1. The molecule has 0 aliphatic rings. The van der Waals surface area contributed by atoms with E-state index < -0.39 is 0 Å². The number of fused-ring (bicyclic) bond motifs is 1. The molecule has 0 spiro atoms. The Morgan fingerprint density at radius 3 is 3.05 bits per heavy atom. The van der Waals surface area contributed by atoms with Crippen LogP contribution in [0.4, 0.5) is 0 Å². The lowest BCUT2D eigenvalue weighted by Crippen LogP contribution is -2.34. The van der Waals surface area contributed by atoms with E-state index in [0.717, 1.165) is 10.5 Å². The van der Waals surface area contributed by atoms with Gasteiger partial charge < -0.3 is 5.32 Å². The molecule has 0 atom stereocenters. The Morgan fingerprint density at radius 2 is 2.32 bits per heavy atom. The van der Waals surface area contributed by atoms with Crippen LogP contribution in [0, 0.1) is 12.3 Å². The number of rotatable bonds is 5. The van der Waals surface area contributed by atoms with E-state index >= 15 is 0 Å². The van der Waals surface area contributed by atoms with Gasteiger partial charge in [0.05, 0.1) is 29.9 Å². The summed E-state index contributed by atoms with van der Waals surface area (Å²) >= 11 is 1.65. The molecule has 19 heavy (non-hydrogen) atoms. The number of carbonyl (C=O) groups excluding carboxylic acids is 1. The van der Waals surface area contributed by atoms with Gasteiger partial charge in [0.15, 0.2) is 0 Å². The highest BCUT2D eigenvalue weighted by Crippen LogP contribution is 2.22. The van der Waals surface area contributed by atoms with E-state index in [2.05, 4.69) is 22.3 Å². The molecule has 0 aliphatic carbocycles. The smallest absolute Gasteiger partial charge is 0.234 e. The number of nitrogens with zero attached hydrogens (tertiary/aromatic N) is 2. The second-order valence-corrected chi connectivity index (χ2v) is 5.34. The molecule has 0 saturated heterocycles. The third-order valence-electron chi connectivity index (χ3n) is 2.54. The van der Waals surface area contributed by atoms with E-state index in [4.69, 9.17) is 6.42 Å². The van der Waals surface area contributed by atoms with Gasteiger partial charge in [0.2, 0.25) is 5.91 Å². The summed E-state index contributed by atoms with van der Waals surface area (Å²) in [5, 5.41) is 3.65. The lowest BCUT2D eigenvalue weighted by molar-refractivity contribution is -0.121. The van der Waals surface area contributed by atoms with E-state index in [1.54, 1.807) is 11.3 Å². The number of aromatic nitrogens is 1. The molecule has 0 unspecified atom stereocenters. The molecule has 0 saturated carbocycles. The average Bonchev–Trinajstić information content (AvgIpc) is 2.78. The van der Waals surface area contributed by atoms with Crippen LogP contribution in [-0.4, -0.2) is 35.9 Å². The van der Waals surface area contributed by atoms with Crippen LogP contribution in [-0.2, 0) is 11.3 Å². The SMILES string of the molecule is C#CCNC(=O)CN(C)Cc1nc2ccccc2s1. The van der Waals surface area contributed by atoms with Crippen LogP contribution in [0.3, 0.4) is 0 Å². The standard InChI is InChI=1S/C14H15N3OS/c1-3-8-15-13(18)9-17(2)10-14-16-11-6-4-5-7-12(11)19-14/h1,4-7H,8-10H2,2H3,(H,15,18). The Bertz CT molecular complexity index is 581. The van der Waals surface area contributed by atoms with Crippen LogP contribution in [0.5, 0.6) is 0 Å². The molecule has 0 aliphatic heterocycles. The fourth-order valence-corrected chi connectivity index (χ4v) is 2.77. The Hall–Kier alpha value is -1.90. The van der Waals surface area contributed by atoms with Crippen molar-refractivity contribution in [2.75, 3.05) is 20.1 Å². The van der Waals surface area contributed by atoms with Gasteiger partial charge in [0.25, 0.3) is 0 Å². The number of benzene rings is 1. The second kappa shape index (κ2) is 6.32.